The highest BCUT2D eigenvalue weighted by atomic mass is 19.5. The number of methoxy groups -OCH3 is 1. The van der Waals surface area contributed by atoms with Gasteiger partial charge in [0.1, 0.15) is 24.6 Å². The Balaban J connectivity index is 0.000000575. The molecule has 1 aromatic carbocycles. The Labute approximate surface area is 173 Å². The Bertz CT molecular complexity index is 1000. The fraction of sp³-hybridized carbons (Fsp3) is 0.227. The van der Waals surface area contributed by atoms with Crippen molar-refractivity contribution in [1.82, 2.24) is 4.58 Å². The highest BCUT2D eigenvalue weighted by molar-refractivity contribution is 6.50. The molecule has 0 spiro atoms. The quantitative estimate of drug-likeness (QED) is 0.226. The monoisotopic (exact) mass is 421 g/mol. The van der Waals surface area contributed by atoms with Gasteiger partial charge in [-0.05, 0) is 37.1 Å². The summed E-state index contributed by atoms with van der Waals surface area (Å²) in [4.78, 5) is 0. The van der Waals surface area contributed by atoms with Gasteiger partial charge in [-0.3, -0.25) is 0 Å². The van der Waals surface area contributed by atoms with Gasteiger partial charge in [0.05, 0.1) is 19.4 Å². The number of rotatable bonds is 5. The molecule has 160 valence electrons. The van der Waals surface area contributed by atoms with Gasteiger partial charge in [0.2, 0.25) is 5.36 Å². The topological polar surface area (TPSA) is 25.4 Å². The average molecular weight is 421 g/mol. The molecular weight excluding hydrogens is 397 g/mol. The molecular formula is C22H24BF4NO2. The van der Waals surface area contributed by atoms with Gasteiger partial charge in [0.15, 0.2) is 0 Å². The van der Waals surface area contributed by atoms with Crippen LogP contribution in [0.15, 0.2) is 65.3 Å². The molecule has 0 unspecified atom stereocenters. The van der Waals surface area contributed by atoms with Gasteiger partial charge in [-0.1, -0.05) is 30.3 Å². The molecule has 1 aliphatic carbocycles. The van der Waals surface area contributed by atoms with Gasteiger partial charge in [-0.25, -0.2) is 4.58 Å². The molecule has 0 atom stereocenters. The van der Waals surface area contributed by atoms with Crippen molar-refractivity contribution in [3.63, 3.8) is 0 Å². The Kier molecular flexibility index (Phi) is 8.27. The molecule has 0 fully saturated rings. The summed E-state index contributed by atoms with van der Waals surface area (Å²) >= 11 is 0. The number of benzene rings is 2. The van der Waals surface area contributed by atoms with E-state index in [0.717, 1.165) is 35.7 Å². The zero-order valence-electron chi connectivity index (χ0n) is 17.1. The van der Waals surface area contributed by atoms with Gasteiger partial charge in [0, 0.05) is 17.7 Å². The third kappa shape index (κ3) is 6.79. The van der Waals surface area contributed by atoms with Crippen LogP contribution < -0.4 is 9.93 Å². The first-order valence-electron chi connectivity index (χ1n) is 9.54. The van der Waals surface area contributed by atoms with E-state index in [1.807, 2.05) is 12.1 Å². The summed E-state index contributed by atoms with van der Waals surface area (Å²) in [7, 11) is -4.37. The van der Waals surface area contributed by atoms with E-state index in [1.165, 1.54) is 10.9 Å². The van der Waals surface area contributed by atoms with Crippen LogP contribution in [0.2, 0.25) is 0 Å². The standard InChI is InChI=1S/C22H24NO2.BF4/c1-4-23(5-2)18-11-12-20-21(17-9-7-6-8-10-17)16-19(13-14-24-3)25-22(20)15-18;2-1(3,4)5/h6-16H,4-5H2,1-3H3;/q+1;-1. The zero-order chi connectivity index (χ0) is 22.1. The summed E-state index contributed by atoms with van der Waals surface area (Å²) in [5, 5.41) is 1.17. The molecule has 1 aliphatic heterocycles. The zero-order valence-corrected chi connectivity index (χ0v) is 17.1. The summed E-state index contributed by atoms with van der Waals surface area (Å²) in [5.74, 6) is 1.64. The van der Waals surface area contributed by atoms with Crippen molar-refractivity contribution in [3.05, 3.63) is 72.0 Å². The molecule has 0 radical (unpaired) electrons. The molecule has 2 aliphatic rings. The maximum Gasteiger partial charge on any atom is 0.673 e. The van der Waals surface area contributed by atoms with E-state index in [1.54, 1.807) is 13.4 Å². The number of ether oxygens (including phenoxy) is 1. The minimum atomic E-state index is -6.00. The minimum Gasteiger partial charge on any atom is -0.504 e. The molecule has 30 heavy (non-hydrogen) atoms. The number of hydrogen-bond acceptors (Lipinski definition) is 2. The van der Waals surface area contributed by atoms with E-state index in [-0.39, 0.29) is 0 Å². The number of hydrogen-bond donors (Lipinski definition) is 0. The van der Waals surface area contributed by atoms with E-state index in [4.69, 9.17) is 9.15 Å². The van der Waals surface area contributed by atoms with Crippen LogP contribution in [0.25, 0.3) is 28.5 Å². The van der Waals surface area contributed by atoms with Crippen LogP contribution in [0.4, 0.5) is 17.3 Å². The van der Waals surface area contributed by atoms with Gasteiger partial charge < -0.3 is 26.4 Å². The number of fused-ring (bicyclic) bond motifs is 1. The average Bonchev–Trinajstić information content (AvgIpc) is 2.72. The fourth-order valence-corrected chi connectivity index (χ4v) is 3.05. The lowest BCUT2D eigenvalue weighted by molar-refractivity contribution is 0.340. The van der Waals surface area contributed by atoms with Crippen LogP contribution in [0.3, 0.4) is 0 Å². The maximum absolute atomic E-state index is 9.75. The van der Waals surface area contributed by atoms with Crippen LogP contribution in [-0.4, -0.2) is 27.5 Å². The summed E-state index contributed by atoms with van der Waals surface area (Å²) < 4.78 is 52.5. The molecule has 0 saturated carbocycles. The van der Waals surface area contributed by atoms with Crippen LogP contribution in [0, 0.1) is 0 Å². The lowest BCUT2D eigenvalue weighted by Gasteiger charge is -2.13. The van der Waals surface area contributed by atoms with Crippen LogP contribution >= 0.6 is 0 Å². The fourth-order valence-electron chi connectivity index (χ4n) is 3.05. The molecule has 0 saturated heterocycles. The first kappa shape index (κ1) is 23.3. The van der Waals surface area contributed by atoms with Crippen LogP contribution in [-0.2, 0) is 4.74 Å². The largest absolute Gasteiger partial charge is 0.673 e. The van der Waals surface area contributed by atoms with E-state index in [2.05, 4.69) is 67.0 Å². The lowest BCUT2D eigenvalue weighted by Crippen LogP contribution is -2.29. The van der Waals surface area contributed by atoms with Crippen molar-refractivity contribution < 1.29 is 26.4 Å². The molecule has 3 nitrogen and oxygen atoms in total. The molecule has 1 heterocycles. The molecule has 3 rings (SSSR count). The second kappa shape index (κ2) is 10.7. The van der Waals surface area contributed by atoms with Gasteiger partial charge >= 0.3 is 7.25 Å². The predicted octanol–water partition coefficient (Wildman–Crippen LogP) is 5.78. The van der Waals surface area contributed by atoms with E-state index < -0.39 is 7.25 Å². The second-order valence-electron chi connectivity index (χ2n) is 6.31. The summed E-state index contributed by atoms with van der Waals surface area (Å²) in [6.45, 7) is 6.27. The van der Waals surface area contributed by atoms with Gasteiger partial charge in [0.25, 0.3) is 0 Å². The Morgan fingerprint density at radius 2 is 1.57 bits per heavy atom. The number of nitrogens with zero attached hydrogens (tertiary/aromatic N) is 1. The third-order valence-electron chi connectivity index (χ3n) is 4.35. The van der Waals surface area contributed by atoms with E-state index in [9.17, 15) is 17.3 Å². The molecule has 0 aromatic heterocycles. The number of halogens is 4. The molecule has 1 aromatic rings. The second-order valence-corrected chi connectivity index (χ2v) is 6.31. The van der Waals surface area contributed by atoms with Crippen molar-refractivity contribution in [2.45, 2.75) is 13.8 Å². The van der Waals surface area contributed by atoms with Gasteiger partial charge in [-0.15, -0.1) is 0 Å². The van der Waals surface area contributed by atoms with Crippen molar-refractivity contribution in [2.75, 3.05) is 20.2 Å². The smallest absolute Gasteiger partial charge is 0.504 e. The predicted molar refractivity (Wildman–Crippen MR) is 113 cm³/mol. The SMILES string of the molecule is CC[N+](CC)=c1ccc2c(-c3ccccc3)cc(C=COC)oc-2c1.F[B-](F)(F)F. The highest BCUT2D eigenvalue weighted by Crippen LogP contribution is 2.34. The summed E-state index contributed by atoms with van der Waals surface area (Å²) in [6.07, 6.45) is 3.48. The third-order valence-corrected chi connectivity index (χ3v) is 4.35. The van der Waals surface area contributed by atoms with E-state index in [0.29, 0.717) is 0 Å². The molecule has 0 N–H and O–H groups in total. The first-order valence-corrected chi connectivity index (χ1v) is 9.54. The summed E-state index contributed by atoms with van der Waals surface area (Å²) in [5.41, 5.74) is 3.44. The normalized spacial score (nSPS) is 11.3. The summed E-state index contributed by atoms with van der Waals surface area (Å²) in [6, 6.07) is 18.9. The molecule has 8 heteroatoms. The van der Waals surface area contributed by atoms with Crippen LogP contribution in [0.1, 0.15) is 19.6 Å². The Morgan fingerprint density at radius 3 is 2.13 bits per heavy atom. The molecule has 0 amide bonds. The van der Waals surface area contributed by atoms with Crippen LogP contribution in [0.5, 0.6) is 0 Å². The Hall–Kier alpha value is -3.03. The Morgan fingerprint density at radius 1 is 0.933 bits per heavy atom. The first-order chi connectivity index (χ1) is 14.3. The van der Waals surface area contributed by atoms with Gasteiger partial charge in [-0.2, -0.15) is 0 Å². The van der Waals surface area contributed by atoms with Crippen molar-refractivity contribution in [2.24, 2.45) is 0 Å². The lowest BCUT2D eigenvalue weighted by atomic mass is 9.97. The minimum absolute atomic E-state index is 0.768. The van der Waals surface area contributed by atoms with Crippen molar-refractivity contribution in [3.8, 4) is 22.5 Å². The van der Waals surface area contributed by atoms with Crippen molar-refractivity contribution >= 4 is 13.3 Å². The highest BCUT2D eigenvalue weighted by Gasteiger charge is 2.20. The van der Waals surface area contributed by atoms with E-state index >= 15 is 0 Å². The molecule has 0 bridgehead atoms. The maximum atomic E-state index is 9.75. The van der Waals surface area contributed by atoms with Crippen molar-refractivity contribution in [1.29, 1.82) is 0 Å².